The molecule has 0 aliphatic carbocycles. The number of carbonyl (C=O) groups excluding carboxylic acids is 1. The standard InChI is InChI=1S/C17H18N4OS2/c1-2-21-14(19-20-17(21)23)8-10-18-16(22)15-13(9-11-24-15)12-6-4-3-5-7-12/h3-7,9,11H,2,8,10H2,1H3,(H,18,22)(H,20,23). The Morgan fingerprint density at radius 2 is 2.12 bits per heavy atom. The van der Waals surface area contributed by atoms with E-state index in [0.717, 1.165) is 28.4 Å². The van der Waals surface area contributed by atoms with E-state index < -0.39 is 0 Å². The third kappa shape index (κ3) is 3.47. The van der Waals surface area contributed by atoms with Crippen LogP contribution in [0.15, 0.2) is 41.8 Å². The highest BCUT2D eigenvalue weighted by molar-refractivity contribution is 7.71. The van der Waals surface area contributed by atoms with E-state index in [-0.39, 0.29) is 5.91 Å². The molecule has 3 aromatic rings. The summed E-state index contributed by atoms with van der Waals surface area (Å²) in [6.45, 7) is 3.30. The van der Waals surface area contributed by atoms with Crippen molar-refractivity contribution in [2.24, 2.45) is 0 Å². The maximum absolute atomic E-state index is 12.5. The molecular formula is C17H18N4OS2. The molecule has 1 amide bonds. The Morgan fingerprint density at radius 1 is 1.33 bits per heavy atom. The smallest absolute Gasteiger partial charge is 0.262 e. The van der Waals surface area contributed by atoms with Gasteiger partial charge in [-0.05, 0) is 36.2 Å². The van der Waals surface area contributed by atoms with Crippen LogP contribution < -0.4 is 5.32 Å². The average molecular weight is 358 g/mol. The Hall–Kier alpha value is -2.25. The van der Waals surface area contributed by atoms with Crippen molar-refractivity contribution >= 4 is 29.5 Å². The summed E-state index contributed by atoms with van der Waals surface area (Å²) in [6, 6.07) is 11.9. The van der Waals surface area contributed by atoms with Crippen molar-refractivity contribution < 1.29 is 4.79 Å². The van der Waals surface area contributed by atoms with Crippen LogP contribution in [0.3, 0.4) is 0 Å². The summed E-state index contributed by atoms with van der Waals surface area (Å²) < 4.78 is 2.55. The zero-order valence-corrected chi connectivity index (χ0v) is 14.9. The van der Waals surface area contributed by atoms with Gasteiger partial charge in [-0.25, -0.2) is 0 Å². The van der Waals surface area contributed by atoms with E-state index in [9.17, 15) is 4.79 Å². The minimum absolute atomic E-state index is 0.0546. The molecule has 2 N–H and O–H groups in total. The van der Waals surface area contributed by atoms with Gasteiger partial charge < -0.3 is 9.88 Å². The van der Waals surface area contributed by atoms with Gasteiger partial charge in [0.25, 0.3) is 5.91 Å². The van der Waals surface area contributed by atoms with Crippen molar-refractivity contribution in [2.45, 2.75) is 19.9 Å². The zero-order chi connectivity index (χ0) is 16.9. The predicted octanol–water partition coefficient (Wildman–Crippen LogP) is 3.66. The summed E-state index contributed by atoms with van der Waals surface area (Å²) in [5, 5.41) is 11.9. The molecule has 0 saturated heterocycles. The molecule has 0 spiro atoms. The average Bonchev–Trinajstić information content (AvgIpc) is 3.22. The number of hydrogen-bond donors (Lipinski definition) is 2. The number of hydrogen-bond acceptors (Lipinski definition) is 4. The molecule has 0 saturated carbocycles. The molecule has 0 aliphatic heterocycles. The second-order valence-corrected chi connectivity index (χ2v) is 6.53. The van der Waals surface area contributed by atoms with Gasteiger partial charge in [0.1, 0.15) is 5.82 Å². The normalized spacial score (nSPS) is 10.7. The lowest BCUT2D eigenvalue weighted by Gasteiger charge is -2.07. The second-order valence-electron chi connectivity index (χ2n) is 5.22. The highest BCUT2D eigenvalue weighted by Gasteiger charge is 2.14. The van der Waals surface area contributed by atoms with Gasteiger partial charge in [-0.3, -0.25) is 9.89 Å². The molecule has 3 rings (SSSR count). The van der Waals surface area contributed by atoms with Crippen LogP contribution in [0.2, 0.25) is 0 Å². The third-order valence-electron chi connectivity index (χ3n) is 3.74. The molecule has 124 valence electrons. The topological polar surface area (TPSA) is 62.7 Å². The van der Waals surface area contributed by atoms with Crippen LogP contribution in [-0.2, 0) is 13.0 Å². The summed E-state index contributed by atoms with van der Waals surface area (Å²) in [7, 11) is 0. The third-order valence-corrected chi connectivity index (χ3v) is 4.97. The van der Waals surface area contributed by atoms with E-state index in [4.69, 9.17) is 12.2 Å². The minimum Gasteiger partial charge on any atom is -0.351 e. The maximum Gasteiger partial charge on any atom is 0.262 e. The number of aromatic amines is 1. The van der Waals surface area contributed by atoms with Gasteiger partial charge in [-0.2, -0.15) is 5.10 Å². The van der Waals surface area contributed by atoms with Crippen LogP contribution in [0.1, 0.15) is 22.4 Å². The number of aromatic nitrogens is 3. The first-order valence-corrected chi connectivity index (χ1v) is 9.04. The summed E-state index contributed by atoms with van der Waals surface area (Å²) in [5.41, 5.74) is 2.02. The molecule has 0 bridgehead atoms. The van der Waals surface area contributed by atoms with Crippen molar-refractivity contribution in [1.29, 1.82) is 0 Å². The summed E-state index contributed by atoms with van der Waals surface area (Å²) in [6.07, 6.45) is 0.638. The fraction of sp³-hybridized carbons (Fsp3) is 0.235. The fourth-order valence-electron chi connectivity index (χ4n) is 2.57. The van der Waals surface area contributed by atoms with Crippen LogP contribution >= 0.6 is 23.6 Å². The molecule has 0 aliphatic rings. The number of amides is 1. The number of benzene rings is 1. The SMILES string of the molecule is CCn1c(CCNC(=O)c2sccc2-c2ccccc2)n[nH]c1=S. The molecule has 2 heterocycles. The molecule has 0 atom stereocenters. The quantitative estimate of drug-likeness (QED) is 0.661. The Labute approximate surface area is 149 Å². The molecule has 0 unspecified atom stereocenters. The predicted molar refractivity (Wildman–Crippen MR) is 98.9 cm³/mol. The van der Waals surface area contributed by atoms with Gasteiger partial charge in [-0.1, -0.05) is 30.3 Å². The molecule has 5 nitrogen and oxygen atoms in total. The van der Waals surface area contributed by atoms with E-state index in [1.807, 2.05) is 53.3 Å². The molecule has 24 heavy (non-hydrogen) atoms. The van der Waals surface area contributed by atoms with Gasteiger partial charge in [0, 0.05) is 25.1 Å². The van der Waals surface area contributed by atoms with Gasteiger partial charge in [0.2, 0.25) is 0 Å². The molecule has 0 fully saturated rings. The van der Waals surface area contributed by atoms with Crippen molar-refractivity contribution in [3.05, 3.63) is 57.3 Å². The molecule has 1 aromatic carbocycles. The number of nitrogens with zero attached hydrogens (tertiary/aromatic N) is 2. The van der Waals surface area contributed by atoms with Gasteiger partial charge >= 0.3 is 0 Å². The largest absolute Gasteiger partial charge is 0.351 e. The lowest BCUT2D eigenvalue weighted by Crippen LogP contribution is -2.26. The molecule has 2 aromatic heterocycles. The number of nitrogens with one attached hydrogen (secondary N) is 2. The first-order valence-electron chi connectivity index (χ1n) is 7.76. The van der Waals surface area contributed by atoms with E-state index in [0.29, 0.717) is 17.7 Å². The monoisotopic (exact) mass is 358 g/mol. The summed E-state index contributed by atoms with van der Waals surface area (Å²) in [4.78, 5) is 13.2. The van der Waals surface area contributed by atoms with E-state index >= 15 is 0 Å². The minimum atomic E-state index is -0.0546. The maximum atomic E-state index is 12.5. The second kappa shape index (κ2) is 7.55. The molecular weight excluding hydrogens is 340 g/mol. The number of thiophene rings is 1. The number of rotatable bonds is 6. The molecule has 7 heteroatoms. The van der Waals surface area contributed by atoms with Crippen LogP contribution in [0.5, 0.6) is 0 Å². The number of carbonyl (C=O) groups is 1. The van der Waals surface area contributed by atoms with Gasteiger partial charge in [0.05, 0.1) is 4.88 Å². The van der Waals surface area contributed by atoms with Crippen molar-refractivity contribution in [3.63, 3.8) is 0 Å². The zero-order valence-electron chi connectivity index (χ0n) is 13.3. The highest BCUT2D eigenvalue weighted by atomic mass is 32.1. The Balaban J connectivity index is 1.66. The fourth-order valence-corrected chi connectivity index (χ4v) is 3.68. The Morgan fingerprint density at radius 3 is 2.88 bits per heavy atom. The van der Waals surface area contributed by atoms with Gasteiger partial charge in [-0.15, -0.1) is 11.3 Å². The Kier molecular flexibility index (Phi) is 5.22. The van der Waals surface area contributed by atoms with E-state index in [1.54, 1.807) is 0 Å². The summed E-state index contributed by atoms with van der Waals surface area (Å²) >= 11 is 6.62. The van der Waals surface area contributed by atoms with Crippen LogP contribution in [-0.4, -0.2) is 27.2 Å². The first kappa shape index (κ1) is 16.6. The van der Waals surface area contributed by atoms with E-state index in [2.05, 4.69) is 15.5 Å². The van der Waals surface area contributed by atoms with E-state index in [1.165, 1.54) is 11.3 Å². The first-order chi connectivity index (χ1) is 11.7. The number of H-pyrrole nitrogens is 1. The Bertz CT molecular complexity index is 879. The lowest BCUT2D eigenvalue weighted by molar-refractivity contribution is 0.0958. The van der Waals surface area contributed by atoms with Crippen molar-refractivity contribution in [2.75, 3.05) is 6.54 Å². The van der Waals surface area contributed by atoms with Crippen LogP contribution in [0.4, 0.5) is 0 Å². The lowest BCUT2D eigenvalue weighted by atomic mass is 10.1. The van der Waals surface area contributed by atoms with Crippen molar-refractivity contribution in [3.8, 4) is 11.1 Å². The van der Waals surface area contributed by atoms with Crippen LogP contribution in [0, 0.1) is 4.77 Å². The highest BCUT2D eigenvalue weighted by Crippen LogP contribution is 2.27. The van der Waals surface area contributed by atoms with Crippen LogP contribution in [0.25, 0.3) is 11.1 Å². The van der Waals surface area contributed by atoms with Gasteiger partial charge in [0.15, 0.2) is 4.77 Å². The molecule has 0 radical (unpaired) electrons. The summed E-state index contributed by atoms with van der Waals surface area (Å²) in [5.74, 6) is 0.804. The van der Waals surface area contributed by atoms with Crippen molar-refractivity contribution in [1.82, 2.24) is 20.1 Å².